The van der Waals surface area contributed by atoms with Gasteiger partial charge in [0, 0.05) is 6.42 Å². The number of hydrogen-bond donors (Lipinski definition) is 0. The van der Waals surface area contributed by atoms with Gasteiger partial charge in [0.2, 0.25) is 0 Å². The minimum Gasteiger partial charge on any atom is -0.469 e. The Balaban J connectivity index is 4.64. The summed E-state index contributed by atoms with van der Waals surface area (Å²) in [6.45, 7) is 4.67. The molecular formula is C11H18O5. The minimum atomic E-state index is -1.26. The van der Waals surface area contributed by atoms with Crippen molar-refractivity contribution < 1.29 is 23.9 Å². The number of hydrogen-bond acceptors (Lipinski definition) is 5. The second kappa shape index (κ2) is 6.25. The van der Waals surface area contributed by atoms with Gasteiger partial charge in [-0.1, -0.05) is 0 Å². The highest BCUT2D eigenvalue weighted by Gasteiger charge is 2.39. The molecule has 0 N–H and O–H groups in total. The third-order valence-corrected chi connectivity index (χ3v) is 2.56. The van der Waals surface area contributed by atoms with Crippen LogP contribution in [0.4, 0.5) is 0 Å². The number of esters is 2. The van der Waals surface area contributed by atoms with Gasteiger partial charge in [0.25, 0.3) is 0 Å². The van der Waals surface area contributed by atoms with Crippen LogP contribution in [0.1, 0.15) is 33.6 Å². The Labute approximate surface area is 95.1 Å². The van der Waals surface area contributed by atoms with Crippen molar-refractivity contribution in [2.24, 2.45) is 5.41 Å². The van der Waals surface area contributed by atoms with Crippen LogP contribution in [0, 0.1) is 5.41 Å². The molecule has 92 valence electrons. The quantitative estimate of drug-likeness (QED) is 0.504. The average molecular weight is 230 g/mol. The van der Waals surface area contributed by atoms with Crippen LogP contribution >= 0.6 is 0 Å². The maximum absolute atomic E-state index is 11.6. The molecule has 0 aliphatic rings. The van der Waals surface area contributed by atoms with Gasteiger partial charge in [-0.15, -0.1) is 0 Å². The molecule has 0 aliphatic heterocycles. The number of carbonyl (C=O) groups excluding carboxylic acids is 3. The fourth-order valence-electron chi connectivity index (χ4n) is 1.17. The summed E-state index contributed by atoms with van der Waals surface area (Å²) < 4.78 is 9.29. The Bertz CT molecular complexity index is 284. The Hall–Kier alpha value is -1.39. The van der Waals surface area contributed by atoms with Crippen molar-refractivity contribution in [1.82, 2.24) is 0 Å². The largest absolute Gasteiger partial charge is 0.469 e. The van der Waals surface area contributed by atoms with Crippen molar-refractivity contribution in [3.05, 3.63) is 0 Å². The van der Waals surface area contributed by atoms with E-state index in [0.717, 1.165) is 0 Å². The predicted octanol–water partition coefficient (Wildman–Crippen LogP) is 1.10. The first kappa shape index (κ1) is 14.6. The molecule has 0 radical (unpaired) electrons. The van der Waals surface area contributed by atoms with Crippen LogP contribution < -0.4 is 0 Å². The van der Waals surface area contributed by atoms with E-state index in [4.69, 9.17) is 4.74 Å². The zero-order chi connectivity index (χ0) is 12.8. The first-order valence-electron chi connectivity index (χ1n) is 5.13. The van der Waals surface area contributed by atoms with Gasteiger partial charge < -0.3 is 9.47 Å². The summed E-state index contributed by atoms with van der Waals surface area (Å²) in [6, 6.07) is 0. The summed E-state index contributed by atoms with van der Waals surface area (Å²) in [7, 11) is 1.26. The molecule has 0 bridgehead atoms. The molecule has 1 unspecified atom stereocenters. The maximum atomic E-state index is 11.6. The van der Waals surface area contributed by atoms with Crippen LogP contribution in [0.5, 0.6) is 0 Å². The molecule has 1 atom stereocenters. The van der Waals surface area contributed by atoms with Crippen molar-refractivity contribution >= 4 is 17.7 Å². The average Bonchev–Trinajstić information content (AvgIpc) is 2.25. The highest BCUT2D eigenvalue weighted by Crippen LogP contribution is 2.26. The summed E-state index contributed by atoms with van der Waals surface area (Å²) in [6.07, 6.45) is 0.124. The molecule has 0 spiro atoms. The molecule has 16 heavy (non-hydrogen) atoms. The molecule has 0 fully saturated rings. The molecule has 0 aromatic heterocycles. The molecule has 0 amide bonds. The van der Waals surface area contributed by atoms with Gasteiger partial charge in [-0.3, -0.25) is 14.4 Å². The van der Waals surface area contributed by atoms with Crippen molar-refractivity contribution in [2.45, 2.75) is 33.6 Å². The fourth-order valence-corrected chi connectivity index (χ4v) is 1.17. The highest BCUT2D eigenvalue weighted by atomic mass is 16.5. The van der Waals surface area contributed by atoms with Gasteiger partial charge >= 0.3 is 11.9 Å². The van der Waals surface area contributed by atoms with E-state index in [2.05, 4.69) is 4.74 Å². The summed E-state index contributed by atoms with van der Waals surface area (Å²) in [5.74, 6) is -1.35. The van der Waals surface area contributed by atoms with E-state index in [1.807, 2.05) is 0 Å². The van der Waals surface area contributed by atoms with Gasteiger partial charge in [0.05, 0.1) is 13.7 Å². The van der Waals surface area contributed by atoms with Crippen molar-refractivity contribution in [3.63, 3.8) is 0 Å². The number of carbonyl (C=O) groups is 3. The Morgan fingerprint density at radius 3 is 2.19 bits per heavy atom. The monoisotopic (exact) mass is 230 g/mol. The molecule has 0 rings (SSSR count). The van der Waals surface area contributed by atoms with Crippen molar-refractivity contribution in [1.29, 1.82) is 0 Å². The van der Waals surface area contributed by atoms with Crippen molar-refractivity contribution in [3.8, 4) is 0 Å². The lowest BCUT2D eigenvalue weighted by molar-refractivity contribution is -0.159. The number of Topliss-reactive ketones (excluding diaryl/α,β-unsaturated/α-hetero) is 1. The lowest BCUT2D eigenvalue weighted by atomic mass is 9.82. The SMILES string of the molecule is CCOC(=O)C(C)(CCC(=O)OC)C(C)=O. The second-order valence-electron chi connectivity index (χ2n) is 3.68. The summed E-state index contributed by atoms with van der Waals surface area (Å²) >= 11 is 0. The first-order chi connectivity index (χ1) is 7.38. The number of ketones is 1. The van der Waals surface area contributed by atoms with E-state index in [1.54, 1.807) is 6.92 Å². The topological polar surface area (TPSA) is 69.7 Å². The van der Waals surface area contributed by atoms with E-state index >= 15 is 0 Å². The molecular weight excluding hydrogens is 212 g/mol. The van der Waals surface area contributed by atoms with Crippen LogP contribution in [0.25, 0.3) is 0 Å². The van der Waals surface area contributed by atoms with Gasteiger partial charge in [-0.2, -0.15) is 0 Å². The normalized spacial score (nSPS) is 13.8. The van der Waals surface area contributed by atoms with E-state index in [9.17, 15) is 14.4 Å². The zero-order valence-corrected chi connectivity index (χ0v) is 10.2. The minimum absolute atomic E-state index is 0.0192. The molecule has 0 saturated carbocycles. The fraction of sp³-hybridized carbons (Fsp3) is 0.727. The van der Waals surface area contributed by atoms with Crippen LogP contribution in [0.15, 0.2) is 0 Å². The van der Waals surface area contributed by atoms with Gasteiger partial charge in [0.1, 0.15) is 11.2 Å². The first-order valence-corrected chi connectivity index (χ1v) is 5.13. The molecule has 0 aromatic rings. The van der Waals surface area contributed by atoms with Gasteiger partial charge in [0.15, 0.2) is 0 Å². The Morgan fingerprint density at radius 1 is 1.25 bits per heavy atom. The highest BCUT2D eigenvalue weighted by molar-refractivity contribution is 6.02. The Morgan fingerprint density at radius 2 is 1.81 bits per heavy atom. The number of ether oxygens (including phenoxy) is 2. The van der Waals surface area contributed by atoms with Crippen LogP contribution in [-0.4, -0.2) is 31.4 Å². The summed E-state index contributed by atoms with van der Waals surface area (Å²) in [5.41, 5.74) is -1.26. The zero-order valence-electron chi connectivity index (χ0n) is 10.2. The lowest BCUT2D eigenvalue weighted by Gasteiger charge is -2.23. The van der Waals surface area contributed by atoms with E-state index < -0.39 is 17.4 Å². The molecule has 5 heteroatoms. The van der Waals surface area contributed by atoms with Crippen LogP contribution in [-0.2, 0) is 23.9 Å². The number of rotatable bonds is 6. The smallest absolute Gasteiger partial charge is 0.319 e. The molecule has 5 nitrogen and oxygen atoms in total. The molecule has 0 aromatic carbocycles. The standard InChI is InChI=1S/C11H18O5/c1-5-16-10(14)11(3,8(2)12)7-6-9(13)15-4/h5-7H2,1-4H3. The van der Waals surface area contributed by atoms with Gasteiger partial charge in [-0.05, 0) is 27.2 Å². The molecule has 0 saturated heterocycles. The third kappa shape index (κ3) is 3.64. The maximum Gasteiger partial charge on any atom is 0.319 e. The van der Waals surface area contributed by atoms with E-state index in [-0.39, 0.29) is 25.2 Å². The second-order valence-corrected chi connectivity index (χ2v) is 3.68. The third-order valence-electron chi connectivity index (χ3n) is 2.56. The molecule has 0 aliphatic carbocycles. The van der Waals surface area contributed by atoms with E-state index in [1.165, 1.54) is 21.0 Å². The van der Waals surface area contributed by atoms with Crippen LogP contribution in [0.2, 0.25) is 0 Å². The van der Waals surface area contributed by atoms with Crippen LogP contribution in [0.3, 0.4) is 0 Å². The van der Waals surface area contributed by atoms with E-state index in [0.29, 0.717) is 0 Å². The molecule has 0 heterocycles. The predicted molar refractivity (Wildman–Crippen MR) is 56.7 cm³/mol. The number of methoxy groups -OCH3 is 1. The Kier molecular flexibility index (Phi) is 5.71. The summed E-state index contributed by atoms with van der Waals surface area (Å²) in [5, 5.41) is 0. The summed E-state index contributed by atoms with van der Waals surface area (Å²) in [4.78, 5) is 34.0. The van der Waals surface area contributed by atoms with Crippen molar-refractivity contribution in [2.75, 3.05) is 13.7 Å². The van der Waals surface area contributed by atoms with Gasteiger partial charge in [-0.25, -0.2) is 0 Å². The lowest BCUT2D eigenvalue weighted by Crippen LogP contribution is -2.37.